The minimum absolute atomic E-state index is 0.834. The third-order valence-corrected chi connectivity index (χ3v) is 3.79. The molecule has 3 aromatic rings. The van der Waals surface area contributed by atoms with Gasteiger partial charge in [0, 0.05) is 12.2 Å². The molecule has 0 atom stereocenters. The Balaban J connectivity index is 2.18. The molecule has 0 aliphatic carbocycles. The highest BCUT2D eigenvalue weighted by Gasteiger charge is 2.09. The summed E-state index contributed by atoms with van der Waals surface area (Å²) in [4.78, 5) is 9.17. The molecule has 1 N–H and O–H groups in total. The number of aromatic nitrogens is 3. The van der Waals surface area contributed by atoms with Crippen LogP contribution in [0.3, 0.4) is 0 Å². The van der Waals surface area contributed by atoms with Gasteiger partial charge in [-0.15, -0.1) is 0 Å². The van der Waals surface area contributed by atoms with Crippen molar-refractivity contribution in [2.75, 3.05) is 7.05 Å². The van der Waals surface area contributed by atoms with Crippen molar-refractivity contribution in [2.45, 2.75) is 27.3 Å². The summed E-state index contributed by atoms with van der Waals surface area (Å²) in [5.41, 5.74) is 6.89. The molecule has 2 heterocycles. The maximum absolute atomic E-state index is 4.66. The van der Waals surface area contributed by atoms with Crippen molar-refractivity contribution < 1.29 is 0 Å². The first kappa shape index (κ1) is 13.8. The Morgan fingerprint density at radius 1 is 1.05 bits per heavy atom. The largest absolute Gasteiger partial charge is 0.316 e. The van der Waals surface area contributed by atoms with Gasteiger partial charge in [-0.1, -0.05) is 0 Å². The summed E-state index contributed by atoms with van der Waals surface area (Å²) in [7, 11) is 1.95. The van der Waals surface area contributed by atoms with E-state index in [2.05, 4.69) is 58.0 Å². The molecule has 0 amide bonds. The molecule has 0 fully saturated rings. The molecule has 0 aliphatic heterocycles. The molecular weight excluding hydrogens is 260 g/mol. The van der Waals surface area contributed by atoms with Crippen LogP contribution in [0, 0.1) is 20.8 Å². The molecule has 0 aliphatic rings. The van der Waals surface area contributed by atoms with E-state index in [9.17, 15) is 0 Å². The number of pyridine rings is 1. The van der Waals surface area contributed by atoms with Crippen molar-refractivity contribution in [2.24, 2.45) is 0 Å². The number of benzene rings is 1. The number of nitrogens with one attached hydrogen (secondary N) is 1. The summed E-state index contributed by atoms with van der Waals surface area (Å²) in [6, 6.07) is 8.53. The normalized spacial score (nSPS) is 11.2. The third kappa shape index (κ3) is 2.54. The first-order chi connectivity index (χ1) is 10.1. The lowest BCUT2D eigenvalue weighted by atomic mass is 10.1. The van der Waals surface area contributed by atoms with Gasteiger partial charge in [-0.05, 0) is 68.8 Å². The van der Waals surface area contributed by atoms with Crippen LogP contribution in [0.25, 0.3) is 16.9 Å². The number of rotatable bonds is 3. The monoisotopic (exact) mass is 280 g/mol. The zero-order valence-corrected chi connectivity index (χ0v) is 12.9. The minimum Gasteiger partial charge on any atom is -0.316 e. The lowest BCUT2D eigenvalue weighted by Gasteiger charge is -2.09. The highest BCUT2D eigenvalue weighted by atomic mass is 15.1. The Morgan fingerprint density at radius 3 is 2.57 bits per heavy atom. The van der Waals surface area contributed by atoms with Crippen LogP contribution in [0.5, 0.6) is 0 Å². The van der Waals surface area contributed by atoms with E-state index in [1.54, 1.807) is 0 Å². The predicted molar refractivity (Wildman–Crippen MR) is 85.8 cm³/mol. The lowest BCUT2D eigenvalue weighted by Crippen LogP contribution is -2.07. The van der Waals surface area contributed by atoms with Gasteiger partial charge in [0.2, 0.25) is 0 Å². The smallest absolute Gasteiger partial charge is 0.138 e. The number of nitrogens with zero attached hydrogens (tertiary/aromatic N) is 3. The number of hydrogen-bond acceptors (Lipinski definition) is 3. The maximum atomic E-state index is 4.66. The fourth-order valence-electron chi connectivity index (χ4n) is 2.60. The lowest BCUT2D eigenvalue weighted by molar-refractivity contribution is 0.811. The second-order valence-electron chi connectivity index (χ2n) is 5.55. The van der Waals surface area contributed by atoms with Gasteiger partial charge in [0.05, 0.1) is 11.0 Å². The van der Waals surface area contributed by atoms with Gasteiger partial charge in [-0.2, -0.15) is 0 Å². The van der Waals surface area contributed by atoms with Crippen LogP contribution in [0.15, 0.2) is 30.6 Å². The number of imidazole rings is 1. The van der Waals surface area contributed by atoms with Crippen molar-refractivity contribution in [1.82, 2.24) is 19.9 Å². The molecule has 3 rings (SSSR count). The third-order valence-electron chi connectivity index (χ3n) is 3.79. The van der Waals surface area contributed by atoms with Crippen molar-refractivity contribution in [3.05, 3.63) is 53.0 Å². The van der Waals surface area contributed by atoms with E-state index in [4.69, 9.17) is 0 Å². The maximum Gasteiger partial charge on any atom is 0.138 e. The number of hydrogen-bond donors (Lipinski definition) is 1. The summed E-state index contributed by atoms with van der Waals surface area (Å²) in [6.45, 7) is 7.10. The van der Waals surface area contributed by atoms with Gasteiger partial charge in [0.15, 0.2) is 0 Å². The molecule has 108 valence electrons. The summed E-state index contributed by atoms with van der Waals surface area (Å²) < 4.78 is 2.06. The van der Waals surface area contributed by atoms with E-state index in [1.165, 1.54) is 16.7 Å². The van der Waals surface area contributed by atoms with Crippen molar-refractivity contribution in [1.29, 1.82) is 0 Å². The minimum atomic E-state index is 0.834. The molecule has 0 radical (unpaired) electrons. The molecule has 2 aromatic heterocycles. The van der Waals surface area contributed by atoms with Crippen LogP contribution in [0.4, 0.5) is 0 Å². The van der Waals surface area contributed by atoms with E-state index in [-0.39, 0.29) is 0 Å². The van der Waals surface area contributed by atoms with E-state index in [0.717, 1.165) is 29.1 Å². The second kappa shape index (κ2) is 5.30. The van der Waals surface area contributed by atoms with Gasteiger partial charge in [0.1, 0.15) is 12.1 Å². The molecule has 4 nitrogen and oxygen atoms in total. The summed E-state index contributed by atoms with van der Waals surface area (Å²) in [6.07, 6.45) is 1.86. The van der Waals surface area contributed by atoms with Crippen LogP contribution in [0.1, 0.15) is 22.4 Å². The van der Waals surface area contributed by atoms with Crippen LogP contribution < -0.4 is 5.32 Å². The number of aryl methyl sites for hydroxylation is 3. The Bertz CT molecular complexity index is 802. The molecule has 0 spiro atoms. The summed E-state index contributed by atoms with van der Waals surface area (Å²) >= 11 is 0. The highest BCUT2D eigenvalue weighted by Crippen LogP contribution is 2.21. The summed E-state index contributed by atoms with van der Waals surface area (Å²) in [5, 5.41) is 3.18. The molecule has 0 saturated heterocycles. The fourth-order valence-corrected chi connectivity index (χ4v) is 2.60. The van der Waals surface area contributed by atoms with Gasteiger partial charge < -0.3 is 5.32 Å². The Kier molecular flexibility index (Phi) is 3.47. The zero-order chi connectivity index (χ0) is 15.0. The van der Waals surface area contributed by atoms with E-state index >= 15 is 0 Å². The van der Waals surface area contributed by atoms with Crippen LogP contribution in [-0.2, 0) is 6.54 Å². The first-order valence-corrected chi connectivity index (χ1v) is 7.15. The zero-order valence-electron chi connectivity index (χ0n) is 12.9. The van der Waals surface area contributed by atoms with Gasteiger partial charge in [-0.3, -0.25) is 4.57 Å². The van der Waals surface area contributed by atoms with Crippen molar-refractivity contribution in [3.63, 3.8) is 0 Å². The van der Waals surface area contributed by atoms with E-state index < -0.39 is 0 Å². The molecule has 0 bridgehead atoms. The molecule has 21 heavy (non-hydrogen) atoms. The standard InChI is InChI=1S/C17H20N4/c1-11-5-15-16(6-12(11)2)21(10-19-15)17-8-14(9-18-4)7-13(3)20-17/h5-8,10,18H,9H2,1-4H3. The van der Waals surface area contributed by atoms with Crippen LogP contribution >= 0.6 is 0 Å². The molecule has 1 aromatic carbocycles. The Labute approximate surface area is 124 Å². The van der Waals surface area contributed by atoms with E-state index in [0.29, 0.717) is 0 Å². The van der Waals surface area contributed by atoms with Gasteiger partial charge in [-0.25, -0.2) is 9.97 Å². The number of fused-ring (bicyclic) bond motifs is 1. The van der Waals surface area contributed by atoms with Crippen LogP contribution in [0.2, 0.25) is 0 Å². The fraction of sp³-hybridized carbons (Fsp3) is 0.294. The highest BCUT2D eigenvalue weighted by molar-refractivity contribution is 5.79. The first-order valence-electron chi connectivity index (χ1n) is 7.15. The average Bonchev–Trinajstić information content (AvgIpc) is 2.82. The second-order valence-corrected chi connectivity index (χ2v) is 5.55. The van der Waals surface area contributed by atoms with Crippen LogP contribution in [-0.4, -0.2) is 21.6 Å². The topological polar surface area (TPSA) is 42.7 Å². The van der Waals surface area contributed by atoms with E-state index in [1.807, 2.05) is 20.3 Å². The Hall–Kier alpha value is -2.20. The molecular formula is C17H20N4. The van der Waals surface area contributed by atoms with Crippen molar-refractivity contribution >= 4 is 11.0 Å². The van der Waals surface area contributed by atoms with Crippen molar-refractivity contribution in [3.8, 4) is 5.82 Å². The predicted octanol–water partition coefficient (Wildman–Crippen LogP) is 3.07. The SMILES string of the molecule is CNCc1cc(C)nc(-n2cnc3cc(C)c(C)cc32)c1. The summed E-state index contributed by atoms with van der Waals surface area (Å²) in [5.74, 6) is 0.922. The van der Waals surface area contributed by atoms with Gasteiger partial charge >= 0.3 is 0 Å². The molecule has 4 heteroatoms. The van der Waals surface area contributed by atoms with Gasteiger partial charge in [0.25, 0.3) is 0 Å². The average molecular weight is 280 g/mol. The quantitative estimate of drug-likeness (QED) is 0.802. The molecule has 0 saturated carbocycles. The Morgan fingerprint density at radius 2 is 1.81 bits per heavy atom. The molecule has 0 unspecified atom stereocenters.